The normalized spacial score (nSPS) is 10.4. The molecule has 0 spiro atoms. The van der Waals surface area contributed by atoms with Crippen LogP contribution in [0.2, 0.25) is 0 Å². The Morgan fingerprint density at radius 2 is 2.25 bits per heavy atom. The van der Waals surface area contributed by atoms with E-state index in [1.807, 2.05) is 13.8 Å². The summed E-state index contributed by atoms with van der Waals surface area (Å²) in [6.45, 7) is 4.93. The zero-order chi connectivity index (χ0) is 15.1. The summed E-state index contributed by atoms with van der Waals surface area (Å²) in [5.41, 5.74) is -0.123. The summed E-state index contributed by atoms with van der Waals surface area (Å²) in [6.07, 6.45) is 1.70. The summed E-state index contributed by atoms with van der Waals surface area (Å²) in [6, 6.07) is 1.37. The molecule has 7 nitrogen and oxygen atoms in total. The van der Waals surface area contributed by atoms with E-state index in [4.69, 9.17) is 0 Å². The second-order valence-corrected chi connectivity index (χ2v) is 5.57. The van der Waals surface area contributed by atoms with Gasteiger partial charge in [0.05, 0.1) is 4.92 Å². The maximum atomic E-state index is 11.5. The highest BCUT2D eigenvalue weighted by Crippen LogP contribution is 2.24. The monoisotopic (exact) mass is 344 g/mol. The molecule has 2 N–H and O–H groups in total. The standard InChI is InChI=1S/C12H17BrN4O3/c1-8(2)6-15-11(18)3-4-14-12-10(17(19)20)5-9(13)7-16-12/h5,7-8H,3-4,6H2,1-2H3,(H,14,16)(H,15,18). The van der Waals surface area contributed by atoms with Crippen molar-refractivity contribution in [2.75, 3.05) is 18.4 Å². The highest BCUT2D eigenvalue weighted by molar-refractivity contribution is 9.10. The molecule has 0 saturated carbocycles. The number of carbonyl (C=O) groups excluding carboxylic acids is 1. The molecule has 1 rings (SSSR count). The van der Waals surface area contributed by atoms with Gasteiger partial charge in [-0.25, -0.2) is 4.98 Å². The van der Waals surface area contributed by atoms with E-state index >= 15 is 0 Å². The van der Waals surface area contributed by atoms with Gasteiger partial charge in [-0.2, -0.15) is 0 Å². The molecule has 0 bridgehead atoms. The molecule has 0 aliphatic carbocycles. The third-order valence-electron chi connectivity index (χ3n) is 2.38. The van der Waals surface area contributed by atoms with Gasteiger partial charge >= 0.3 is 5.69 Å². The van der Waals surface area contributed by atoms with Gasteiger partial charge in [-0.05, 0) is 21.8 Å². The summed E-state index contributed by atoms with van der Waals surface area (Å²) < 4.78 is 0.532. The molecule has 1 amide bonds. The van der Waals surface area contributed by atoms with E-state index in [1.54, 1.807) is 0 Å². The van der Waals surface area contributed by atoms with Crippen LogP contribution in [0.3, 0.4) is 0 Å². The Hall–Kier alpha value is -1.70. The van der Waals surface area contributed by atoms with E-state index in [0.717, 1.165) is 0 Å². The van der Waals surface area contributed by atoms with Crippen molar-refractivity contribution < 1.29 is 9.72 Å². The Kier molecular flexibility index (Phi) is 6.37. The lowest BCUT2D eigenvalue weighted by Gasteiger charge is -2.08. The lowest BCUT2D eigenvalue weighted by atomic mass is 10.2. The molecule has 0 radical (unpaired) electrons. The molecule has 0 saturated heterocycles. The van der Waals surface area contributed by atoms with Crippen LogP contribution in [0.15, 0.2) is 16.7 Å². The molecule has 0 atom stereocenters. The second-order valence-electron chi connectivity index (χ2n) is 4.65. The van der Waals surface area contributed by atoms with E-state index in [0.29, 0.717) is 23.5 Å². The van der Waals surface area contributed by atoms with Gasteiger partial charge in [0.2, 0.25) is 11.7 Å². The Labute approximate surface area is 125 Å². The lowest BCUT2D eigenvalue weighted by molar-refractivity contribution is -0.384. The molecule has 0 unspecified atom stereocenters. The maximum absolute atomic E-state index is 11.5. The molecule has 1 aromatic rings. The van der Waals surface area contributed by atoms with Gasteiger partial charge in [0.15, 0.2) is 0 Å². The minimum absolute atomic E-state index is 0.0917. The fraction of sp³-hybridized carbons (Fsp3) is 0.500. The molecular formula is C12H17BrN4O3. The fourth-order valence-corrected chi connectivity index (χ4v) is 1.72. The van der Waals surface area contributed by atoms with Crippen LogP contribution in [-0.4, -0.2) is 28.9 Å². The summed E-state index contributed by atoms with van der Waals surface area (Å²) in [5.74, 6) is 0.460. The SMILES string of the molecule is CC(C)CNC(=O)CCNc1ncc(Br)cc1[N+](=O)[O-]. The van der Waals surface area contributed by atoms with Gasteiger partial charge in [0, 0.05) is 36.2 Å². The number of anilines is 1. The number of carbonyl (C=O) groups is 1. The van der Waals surface area contributed by atoms with Crippen molar-refractivity contribution in [2.45, 2.75) is 20.3 Å². The number of hydrogen-bond donors (Lipinski definition) is 2. The lowest BCUT2D eigenvalue weighted by Crippen LogP contribution is -2.28. The van der Waals surface area contributed by atoms with Gasteiger partial charge < -0.3 is 10.6 Å². The van der Waals surface area contributed by atoms with E-state index in [9.17, 15) is 14.9 Å². The molecule has 0 aromatic carbocycles. The average Bonchev–Trinajstić information content (AvgIpc) is 2.37. The van der Waals surface area contributed by atoms with Crippen molar-refractivity contribution in [1.82, 2.24) is 10.3 Å². The van der Waals surface area contributed by atoms with Crippen molar-refractivity contribution >= 4 is 33.3 Å². The van der Waals surface area contributed by atoms with Crippen LogP contribution in [0.4, 0.5) is 11.5 Å². The van der Waals surface area contributed by atoms with Gasteiger partial charge in [-0.3, -0.25) is 14.9 Å². The minimum Gasteiger partial charge on any atom is -0.364 e. The van der Waals surface area contributed by atoms with Gasteiger partial charge in [-0.15, -0.1) is 0 Å². The minimum atomic E-state index is -0.515. The second kappa shape index (κ2) is 7.78. The van der Waals surface area contributed by atoms with Crippen molar-refractivity contribution in [3.05, 3.63) is 26.9 Å². The van der Waals surface area contributed by atoms with Gasteiger partial charge in [0.25, 0.3) is 0 Å². The number of nitrogens with one attached hydrogen (secondary N) is 2. The highest BCUT2D eigenvalue weighted by Gasteiger charge is 2.15. The number of aromatic nitrogens is 1. The van der Waals surface area contributed by atoms with Crippen LogP contribution >= 0.6 is 15.9 Å². The van der Waals surface area contributed by atoms with Crippen LogP contribution in [0.25, 0.3) is 0 Å². The Morgan fingerprint density at radius 3 is 2.85 bits per heavy atom. The first-order chi connectivity index (χ1) is 9.40. The molecule has 0 aliphatic heterocycles. The maximum Gasteiger partial charge on any atom is 0.312 e. The zero-order valence-electron chi connectivity index (χ0n) is 11.4. The molecule has 8 heteroatoms. The molecule has 0 fully saturated rings. The summed E-state index contributed by atoms with van der Waals surface area (Å²) >= 11 is 3.13. The van der Waals surface area contributed by atoms with E-state index < -0.39 is 4.92 Å². The molecule has 1 heterocycles. The van der Waals surface area contributed by atoms with Crippen LogP contribution in [0.1, 0.15) is 20.3 Å². The third kappa shape index (κ3) is 5.52. The first-order valence-corrected chi connectivity index (χ1v) is 7.00. The van der Waals surface area contributed by atoms with E-state index in [-0.39, 0.29) is 23.8 Å². The van der Waals surface area contributed by atoms with Crippen molar-refractivity contribution in [3.63, 3.8) is 0 Å². The predicted molar refractivity (Wildman–Crippen MR) is 79.5 cm³/mol. The topological polar surface area (TPSA) is 97.2 Å². The van der Waals surface area contributed by atoms with E-state index in [1.165, 1.54) is 12.3 Å². The molecule has 1 aromatic heterocycles. The Balaban J connectivity index is 2.50. The number of nitro groups is 1. The van der Waals surface area contributed by atoms with E-state index in [2.05, 4.69) is 31.5 Å². The first kappa shape index (κ1) is 16.4. The van der Waals surface area contributed by atoms with Crippen molar-refractivity contribution in [1.29, 1.82) is 0 Å². The van der Waals surface area contributed by atoms with Crippen molar-refractivity contribution in [3.8, 4) is 0 Å². The van der Waals surface area contributed by atoms with Gasteiger partial charge in [0.1, 0.15) is 0 Å². The van der Waals surface area contributed by atoms with Crippen LogP contribution in [0.5, 0.6) is 0 Å². The molecular weight excluding hydrogens is 328 g/mol. The largest absolute Gasteiger partial charge is 0.364 e. The molecule has 20 heavy (non-hydrogen) atoms. The average molecular weight is 345 g/mol. The molecule has 0 aliphatic rings. The number of hydrogen-bond acceptors (Lipinski definition) is 5. The first-order valence-electron chi connectivity index (χ1n) is 6.20. The summed E-state index contributed by atoms with van der Waals surface area (Å²) in [7, 11) is 0. The highest BCUT2D eigenvalue weighted by atomic mass is 79.9. The third-order valence-corrected chi connectivity index (χ3v) is 2.82. The predicted octanol–water partition coefficient (Wildman–Crippen LogP) is 2.33. The fourth-order valence-electron chi connectivity index (χ4n) is 1.40. The van der Waals surface area contributed by atoms with Crippen LogP contribution < -0.4 is 10.6 Å². The number of nitrogens with zero attached hydrogens (tertiary/aromatic N) is 2. The Morgan fingerprint density at radius 1 is 1.55 bits per heavy atom. The smallest absolute Gasteiger partial charge is 0.312 e. The number of rotatable bonds is 7. The zero-order valence-corrected chi connectivity index (χ0v) is 12.9. The number of amides is 1. The van der Waals surface area contributed by atoms with Crippen LogP contribution in [0, 0.1) is 16.0 Å². The number of halogens is 1. The molecule has 110 valence electrons. The quantitative estimate of drug-likeness (QED) is 0.584. The summed E-state index contributed by atoms with van der Waals surface area (Å²) in [5, 5.41) is 16.5. The van der Waals surface area contributed by atoms with Crippen molar-refractivity contribution in [2.24, 2.45) is 5.92 Å². The van der Waals surface area contributed by atoms with Crippen LogP contribution in [-0.2, 0) is 4.79 Å². The van der Waals surface area contributed by atoms with Gasteiger partial charge in [-0.1, -0.05) is 13.8 Å². The summed E-state index contributed by atoms with van der Waals surface area (Å²) in [4.78, 5) is 25.8. The Bertz CT molecular complexity index is 494. The number of pyridine rings is 1.